The van der Waals surface area contributed by atoms with Crippen molar-refractivity contribution in [3.63, 3.8) is 0 Å². The molecule has 0 bridgehead atoms. The van der Waals surface area contributed by atoms with Crippen LogP contribution in [0.25, 0.3) is 0 Å². The summed E-state index contributed by atoms with van der Waals surface area (Å²) in [4.78, 5) is 16.2. The molecule has 0 unspecified atom stereocenters. The number of carbonyl (C=O) groups excluding carboxylic acids is 1. The van der Waals surface area contributed by atoms with Gasteiger partial charge in [0.1, 0.15) is 5.60 Å². The number of likely N-dealkylation sites (tertiary alicyclic amines) is 1. The fourth-order valence-corrected chi connectivity index (χ4v) is 3.30. The SMILES string of the molecule is C=CCn1nnnc1N1C[C@H]2CN(C(=O)OC(C)(C)C)C[C@H]2C1. The third-order valence-electron chi connectivity index (χ3n) is 4.24. The Hall–Kier alpha value is -2.12. The van der Waals surface area contributed by atoms with Crippen LogP contribution in [-0.2, 0) is 11.3 Å². The van der Waals surface area contributed by atoms with Crippen LogP contribution in [0.15, 0.2) is 12.7 Å². The third-order valence-corrected chi connectivity index (χ3v) is 4.24. The van der Waals surface area contributed by atoms with E-state index < -0.39 is 5.60 Å². The summed E-state index contributed by atoms with van der Waals surface area (Å²) in [5, 5.41) is 11.9. The van der Waals surface area contributed by atoms with Crippen LogP contribution in [0.3, 0.4) is 0 Å². The molecule has 1 amide bonds. The number of hydrogen-bond acceptors (Lipinski definition) is 6. The molecule has 8 nitrogen and oxygen atoms in total. The van der Waals surface area contributed by atoms with Gasteiger partial charge in [-0.05, 0) is 31.2 Å². The van der Waals surface area contributed by atoms with Crippen LogP contribution in [-0.4, -0.2) is 63.0 Å². The first-order chi connectivity index (χ1) is 10.9. The highest BCUT2D eigenvalue weighted by molar-refractivity contribution is 5.68. The van der Waals surface area contributed by atoms with Gasteiger partial charge in [0.2, 0.25) is 5.95 Å². The average Bonchev–Trinajstić information content (AvgIpc) is 3.08. The Morgan fingerprint density at radius 3 is 2.52 bits per heavy atom. The van der Waals surface area contributed by atoms with Crippen LogP contribution < -0.4 is 4.90 Å². The monoisotopic (exact) mass is 320 g/mol. The second kappa shape index (κ2) is 5.82. The lowest BCUT2D eigenvalue weighted by atomic mass is 10.0. The van der Waals surface area contributed by atoms with E-state index in [1.807, 2.05) is 25.7 Å². The van der Waals surface area contributed by atoms with E-state index in [9.17, 15) is 4.79 Å². The maximum atomic E-state index is 12.2. The first kappa shape index (κ1) is 15.8. The van der Waals surface area contributed by atoms with Gasteiger partial charge in [0.15, 0.2) is 0 Å². The third kappa shape index (κ3) is 3.30. The quantitative estimate of drug-likeness (QED) is 0.778. The standard InChI is InChI=1S/C15H24N6O2/c1-5-6-21-13(16-17-18-21)19-7-11-9-20(10-12(11)8-19)14(22)23-15(2,3)4/h5,11-12H,1,6-10H2,2-4H3/t11-,12+. The molecular weight excluding hydrogens is 296 g/mol. The van der Waals surface area contributed by atoms with Crippen molar-refractivity contribution < 1.29 is 9.53 Å². The number of tetrazole rings is 1. The average molecular weight is 320 g/mol. The van der Waals surface area contributed by atoms with Gasteiger partial charge < -0.3 is 14.5 Å². The Morgan fingerprint density at radius 2 is 1.96 bits per heavy atom. The van der Waals surface area contributed by atoms with Crippen molar-refractivity contribution in [1.82, 2.24) is 25.1 Å². The van der Waals surface area contributed by atoms with Gasteiger partial charge in [0.25, 0.3) is 0 Å². The molecule has 0 aromatic carbocycles. The van der Waals surface area contributed by atoms with E-state index in [1.165, 1.54) is 0 Å². The minimum Gasteiger partial charge on any atom is -0.444 e. The number of rotatable bonds is 3. The van der Waals surface area contributed by atoms with E-state index in [-0.39, 0.29) is 6.09 Å². The first-order valence-corrected chi connectivity index (χ1v) is 7.97. The summed E-state index contributed by atoms with van der Waals surface area (Å²) in [6.07, 6.45) is 1.57. The van der Waals surface area contributed by atoms with Gasteiger partial charge in [-0.2, -0.15) is 0 Å². The van der Waals surface area contributed by atoms with Crippen molar-refractivity contribution in [3.8, 4) is 0 Å². The molecule has 3 rings (SSSR count). The first-order valence-electron chi connectivity index (χ1n) is 7.97. The van der Waals surface area contributed by atoms with Gasteiger partial charge in [-0.1, -0.05) is 11.2 Å². The lowest BCUT2D eigenvalue weighted by Gasteiger charge is -2.26. The predicted octanol–water partition coefficient (Wildman–Crippen LogP) is 1.16. The minimum absolute atomic E-state index is 0.213. The molecule has 1 aromatic heterocycles. The summed E-state index contributed by atoms with van der Waals surface area (Å²) < 4.78 is 7.21. The molecule has 8 heteroatoms. The molecule has 126 valence electrons. The van der Waals surface area contributed by atoms with E-state index in [0.717, 1.165) is 32.1 Å². The lowest BCUT2D eigenvalue weighted by molar-refractivity contribution is 0.0282. The van der Waals surface area contributed by atoms with Crippen molar-refractivity contribution in [2.75, 3.05) is 31.1 Å². The summed E-state index contributed by atoms with van der Waals surface area (Å²) in [5.74, 6) is 1.66. The van der Waals surface area contributed by atoms with Crippen molar-refractivity contribution in [2.24, 2.45) is 11.8 Å². The van der Waals surface area contributed by atoms with Crippen molar-refractivity contribution >= 4 is 12.0 Å². The van der Waals surface area contributed by atoms with E-state index in [0.29, 0.717) is 18.4 Å². The fourth-order valence-electron chi connectivity index (χ4n) is 3.30. The smallest absolute Gasteiger partial charge is 0.410 e. The van der Waals surface area contributed by atoms with Crippen LogP contribution in [0.2, 0.25) is 0 Å². The van der Waals surface area contributed by atoms with Crippen LogP contribution in [0.4, 0.5) is 10.7 Å². The Bertz CT molecular complexity index is 579. The number of amides is 1. The second-order valence-corrected chi connectivity index (χ2v) is 7.26. The summed E-state index contributed by atoms with van der Waals surface area (Å²) in [5.41, 5.74) is -0.451. The summed E-state index contributed by atoms with van der Waals surface area (Å²) in [7, 11) is 0. The molecule has 2 atom stereocenters. The Labute approximate surface area is 136 Å². The number of nitrogens with zero attached hydrogens (tertiary/aromatic N) is 6. The molecule has 2 saturated heterocycles. The number of allylic oxidation sites excluding steroid dienone is 1. The molecule has 0 aliphatic carbocycles. The molecule has 0 saturated carbocycles. The Morgan fingerprint density at radius 1 is 1.30 bits per heavy atom. The number of fused-ring (bicyclic) bond motifs is 1. The number of anilines is 1. The molecule has 3 heterocycles. The molecule has 0 N–H and O–H groups in total. The Kier molecular flexibility index (Phi) is 3.99. The zero-order chi connectivity index (χ0) is 16.6. The van der Waals surface area contributed by atoms with Gasteiger partial charge in [-0.25, -0.2) is 9.48 Å². The Balaban J connectivity index is 1.60. The van der Waals surface area contributed by atoms with Crippen molar-refractivity contribution in [1.29, 1.82) is 0 Å². The number of hydrogen-bond donors (Lipinski definition) is 0. The zero-order valence-corrected chi connectivity index (χ0v) is 14.0. The molecule has 2 aliphatic heterocycles. The molecular formula is C15H24N6O2. The summed E-state index contributed by atoms with van der Waals surface area (Å²) in [6.45, 7) is 13.2. The number of aromatic nitrogens is 4. The van der Waals surface area contributed by atoms with Crippen molar-refractivity contribution in [3.05, 3.63) is 12.7 Å². The van der Waals surface area contributed by atoms with E-state index in [1.54, 1.807) is 10.8 Å². The highest BCUT2D eigenvalue weighted by Gasteiger charge is 2.43. The van der Waals surface area contributed by atoms with Gasteiger partial charge in [0, 0.05) is 38.0 Å². The molecule has 2 fully saturated rings. The van der Waals surface area contributed by atoms with Crippen LogP contribution in [0.5, 0.6) is 0 Å². The van der Waals surface area contributed by atoms with E-state index in [2.05, 4.69) is 27.0 Å². The topological polar surface area (TPSA) is 76.4 Å². The van der Waals surface area contributed by atoms with Gasteiger partial charge in [-0.3, -0.25) is 0 Å². The molecule has 23 heavy (non-hydrogen) atoms. The molecule has 0 spiro atoms. The number of carbonyl (C=O) groups is 1. The van der Waals surface area contributed by atoms with Gasteiger partial charge >= 0.3 is 6.09 Å². The predicted molar refractivity (Wildman–Crippen MR) is 85.0 cm³/mol. The van der Waals surface area contributed by atoms with Gasteiger partial charge in [0.05, 0.1) is 6.54 Å². The minimum atomic E-state index is -0.451. The molecule has 0 radical (unpaired) electrons. The number of ether oxygens (including phenoxy) is 1. The maximum Gasteiger partial charge on any atom is 0.410 e. The van der Waals surface area contributed by atoms with Crippen LogP contribution >= 0.6 is 0 Å². The van der Waals surface area contributed by atoms with E-state index in [4.69, 9.17) is 4.74 Å². The lowest BCUT2D eigenvalue weighted by Crippen LogP contribution is -2.37. The highest BCUT2D eigenvalue weighted by Crippen LogP contribution is 2.33. The van der Waals surface area contributed by atoms with Gasteiger partial charge in [-0.15, -0.1) is 6.58 Å². The van der Waals surface area contributed by atoms with Crippen LogP contribution in [0, 0.1) is 11.8 Å². The largest absolute Gasteiger partial charge is 0.444 e. The molecule has 1 aromatic rings. The molecule has 2 aliphatic rings. The zero-order valence-electron chi connectivity index (χ0n) is 14.0. The van der Waals surface area contributed by atoms with E-state index >= 15 is 0 Å². The normalized spacial score (nSPS) is 24.0. The van der Waals surface area contributed by atoms with Crippen LogP contribution in [0.1, 0.15) is 20.8 Å². The fraction of sp³-hybridized carbons (Fsp3) is 0.733. The second-order valence-electron chi connectivity index (χ2n) is 7.26. The summed E-state index contributed by atoms with van der Waals surface area (Å²) >= 11 is 0. The van der Waals surface area contributed by atoms with Crippen molar-refractivity contribution in [2.45, 2.75) is 32.9 Å². The summed E-state index contributed by atoms with van der Waals surface area (Å²) in [6, 6.07) is 0. The maximum absolute atomic E-state index is 12.2. The highest BCUT2D eigenvalue weighted by atomic mass is 16.6.